The molecule has 1 aromatic carbocycles. The van der Waals surface area contributed by atoms with Crippen LogP contribution in [0.3, 0.4) is 0 Å². The lowest BCUT2D eigenvalue weighted by molar-refractivity contribution is 0.155. The minimum absolute atomic E-state index is 0.0643. The van der Waals surface area contributed by atoms with E-state index in [0.29, 0.717) is 6.04 Å². The Morgan fingerprint density at radius 3 is 2.78 bits per heavy atom. The molecule has 1 fully saturated rings. The minimum atomic E-state index is -0.231. The van der Waals surface area contributed by atoms with Gasteiger partial charge in [-0.25, -0.2) is 4.39 Å². The number of halogens is 1. The van der Waals surface area contributed by atoms with Crippen molar-refractivity contribution in [3.05, 3.63) is 35.6 Å². The molecule has 100 valence electrons. The maximum absolute atomic E-state index is 12.8. The summed E-state index contributed by atoms with van der Waals surface area (Å²) < 4.78 is 12.8. The molecule has 0 bridgehead atoms. The monoisotopic (exact) mass is 252 g/mol. The third-order valence-electron chi connectivity index (χ3n) is 3.74. The van der Waals surface area contributed by atoms with E-state index in [2.05, 4.69) is 4.90 Å². The van der Waals surface area contributed by atoms with E-state index in [-0.39, 0.29) is 18.5 Å². The molecule has 2 unspecified atom stereocenters. The van der Waals surface area contributed by atoms with Gasteiger partial charge in [-0.15, -0.1) is 0 Å². The Kier molecular flexibility index (Phi) is 4.69. The van der Waals surface area contributed by atoms with Gasteiger partial charge in [-0.2, -0.15) is 0 Å². The Morgan fingerprint density at radius 1 is 1.39 bits per heavy atom. The molecule has 0 radical (unpaired) electrons. The largest absolute Gasteiger partial charge is 0.395 e. The molecule has 2 atom stereocenters. The zero-order valence-electron chi connectivity index (χ0n) is 10.6. The standard InChI is InChI=1S/C14H21FN2O/c15-12-5-3-11(4-6-12)14(16)7-9-17-8-1-2-13(17)10-18/h3-6,13-14,18H,1-2,7-10,16H2. The van der Waals surface area contributed by atoms with Crippen LogP contribution in [0, 0.1) is 5.82 Å². The summed E-state index contributed by atoms with van der Waals surface area (Å²) >= 11 is 0. The highest BCUT2D eigenvalue weighted by molar-refractivity contribution is 5.19. The molecule has 18 heavy (non-hydrogen) atoms. The number of nitrogens with zero attached hydrogens (tertiary/aromatic N) is 1. The van der Waals surface area contributed by atoms with Gasteiger partial charge < -0.3 is 10.8 Å². The van der Waals surface area contributed by atoms with Gasteiger partial charge in [0.05, 0.1) is 6.61 Å². The first-order valence-corrected chi connectivity index (χ1v) is 6.56. The lowest BCUT2D eigenvalue weighted by Gasteiger charge is -2.24. The predicted molar refractivity (Wildman–Crippen MR) is 69.6 cm³/mol. The molecule has 0 spiro atoms. The zero-order valence-corrected chi connectivity index (χ0v) is 10.6. The SMILES string of the molecule is NC(CCN1CCCC1CO)c1ccc(F)cc1. The maximum atomic E-state index is 12.8. The summed E-state index contributed by atoms with van der Waals surface area (Å²) in [6.45, 7) is 2.16. The predicted octanol–water partition coefficient (Wildman–Crippen LogP) is 1.67. The molecule has 2 rings (SSSR count). The second kappa shape index (κ2) is 6.27. The first-order valence-electron chi connectivity index (χ1n) is 6.56. The molecule has 1 aliphatic rings. The number of benzene rings is 1. The normalized spacial score (nSPS) is 22.3. The third-order valence-corrected chi connectivity index (χ3v) is 3.74. The highest BCUT2D eigenvalue weighted by Gasteiger charge is 2.23. The van der Waals surface area contributed by atoms with Gasteiger partial charge in [0.1, 0.15) is 5.82 Å². The van der Waals surface area contributed by atoms with E-state index in [9.17, 15) is 9.50 Å². The topological polar surface area (TPSA) is 49.5 Å². The maximum Gasteiger partial charge on any atom is 0.123 e. The number of nitrogens with two attached hydrogens (primary N) is 1. The van der Waals surface area contributed by atoms with Crippen molar-refractivity contribution >= 4 is 0 Å². The van der Waals surface area contributed by atoms with E-state index >= 15 is 0 Å². The van der Waals surface area contributed by atoms with E-state index in [1.54, 1.807) is 12.1 Å². The van der Waals surface area contributed by atoms with Crippen molar-refractivity contribution in [2.75, 3.05) is 19.7 Å². The Bertz CT molecular complexity index is 369. The number of rotatable bonds is 5. The molecule has 0 amide bonds. The summed E-state index contributed by atoms with van der Waals surface area (Å²) in [5.74, 6) is -0.231. The van der Waals surface area contributed by atoms with Crippen molar-refractivity contribution < 1.29 is 9.50 Å². The first-order chi connectivity index (χ1) is 8.70. The summed E-state index contributed by atoms with van der Waals surface area (Å²) in [6, 6.07) is 6.61. The van der Waals surface area contributed by atoms with Gasteiger partial charge in [-0.1, -0.05) is 12.1 Å². The molecule has 0 aromatic heterocycles. The second-order valence-corrected chi connectivity index (χ2v) is 4.96. The minimum Gasteiger partial charge on any atom is -0.395 e. The molecule has 3 nitrogen and oxygen atoms in total. The van der Waals surface area contributed by atoms with Crippen molar-refractivity contribution in [2.24, 2.45) is 5.73 Å². The Balaban J connectivity index is 1.84. The van der Waals surface area contributed by atoms with Crippen molar-refractivity contribution in [1.82, 2.24) is 4.90 Å². The fraction of sp³-hybridized carbons (Fsp3) is 0.571. The van der Waals surface area contributed by atoms with Crippen molar-refractivity contribution in [3.8, 4) is 0 Å². The number of hydrogen-bond donors (Lipinski definition) is 2. The molecular weight excluding hydrogens is 231 g/mol. The summed E-state index contributed by atoms with van der Waals surface area (Å²) in [4.78, 5) is 2.30. The molecule has 3 N–H and O–H groups in total. The van der Waals surface area contributed by atoms with Gasteiger partial charge in [0, 0.05) is 18.6 Å². The average Bonchev–Trinajstić information content (AvgIpc) is 2.84. The van der Waals surface area contributed by atoms with Crippen molar-refractivity contribution in [3.63, 3.8) is 0 Å². The van der Waals surface area contributed by atoms with Crippen LogP contribution in [-0.2, 0) is 0 Å². The van der Waals surface area contributed by atoms with Crippen LogP contribution in [0.5, 0.6) is 0 Å². The van der Waals surface area contributed by atoms with Crippen LogP contribution in [0.1, 0.15) is 30.9 Å². The van der Waals surface area contributed by atoms with E-state index < -0.39 is 0 Å². The Hall–Kier alpha value is -0.970. The number of aliphatic hydroxyl groups is 1. The number of likely N-dealkylation sites (tertiary alicyclic amines) is 1. The van der Waals surface area contributed by atoms with Crippen molar-refractivity contribution in [1.29, 1.82) is 0 Å². The van der Waals surface area contributed by atoms with Crippen LogP contribution in [0.15, 0.2) is 24.3 Å². The van der Waals surface area contributed by atoms with Gasteiger partial charge in [0.15, 0.2) is 0 Å². The molecule has 0 aliphatic carbocycles. The van der Waals surface area contributed by atoms with Gasteiger partial charge in [-0.3, -0.25) is 4.90 Å². The highest BCUT2D eigenvalue weighted by atomic mass is 19.1. The fourth-order valence-electron chi connectivity index (χ4n) is 2.58. The van der Waals surface area contributed by atoms with Crippen molar-refractivity contribution in [2.45, 2.75) is 31.3 Å². The lowest BCUT2D eigenvalue weighted by Crippen LogP contribution is -2.34. The summed E-state index contributed by atoms with van der Waals surface area (Å²) in [5, 5.41) is 9.23. The second-order valence-electron chi connectivity index (χ2n) is 4.96. The molecular formula is C14H21FN2O. The third kappa shape index (κ3) is 3.28. The molecule has 1 aliphatic heterocycles. The first kappa shape index (κ1) is 13.5. The average molecular weight is 252 g/mol. The van der Waals surface area contributed by atoms with Crippen LogP contribution < -0.4 is 5.73 Å². The van der Waals surface area contributed by atoms with Gasteiger partial charge in [0.25, 0.3) is 0 Å². The fourth-order valence-corrected chi connectivity index (χ4v) is 2.58. The van der Waals surface area contributed by atoms with E-state index in [1.807, 2.05) is 0 Å². The zero-order chi connectivity index (χ0) is 13.0. The molecule has 1 saturated heterocycles. The summed E-state index contributed by atoms with van der Waals surface area (Å²) in [7, 11) is 0. The van der Waals surface area contributed by atoms with Crippen LogP contribution in [-0.4, -0.2) is 35.7 Å². The van der Waals surface area contributed by atoms with E-state index in [4.69, 9.17) is 5.73 Å². The van der Waals surface area contributed by atoms with Crippen LogP contribution >= 0.6 is 0 Å². The highest BCUT2D eigenvalue weighted by Crippen LogP contribution is 2.20. The molecule has 4 heteroatoms. The van der Waals surface area contributed by atoms with Gasteiger partial charge >= 0.3 is 0 Å². The number of hydrogen-bond acceptors (Lipinski definition) is 3. The van der Waals surface area contributed by atoms with Crippen LogP contribution in [0.4, 0.5) is 4.39 Å². The molecule has 0 saturated carbocycles. The van der Waals surface area contributed by atoms with Crippen LogP contribution in [0.25, 0.3) is 0 Å². The van der Waals surface area contributed by atoms with Gasteiger partial charge in [-0.05, 0) is 43.5 Å². The molecule has 1 aromatic rings. The summed E-state index contributed by atoms with van der Waals surface area (Å²) in [5.41, 5.74) is 7.07. The molecule has 1 heterocycles. The quantitative estimate of drug-likeness (QED) is 0.838. The van der Waals surface area contributed by atoms with Gasteiger partial charge in [0.2, 0.25) is 0 Å². The van der Waals surface area contributed by atoms with Crippen LogP contribution in [0.2, 0.25) is 0 Å². The number of aliphatic hydroxyl groups excluding tert-OH is 1. The van der Waals surface area contributed by atoms with E-state index in [0.717, 1.165) is 37.9 Å². The smallest absolute Gasteiger partial charge is 0.123 e. The summed E-state index contributed by atoms with van der Waals surface area (Å²) in [6.07, 6.45) is 3.06. The van der Waals surface area contributed by atoms with E-state index in [1.165, 1.54) is 12.1 Å². The Labute approximate surface area is 107 Å². The Morgan fingerprint density at radius 2 is 2.11 bits per heavy atom. The lowest BCUT2D eigenvalue weighted by atomic mass is 10.0.